The quantitative estimate of drug-likeness (QED) is 0.271. The molecule has 36 heavy (non-hydrogen) atoms. The fourth-order valence-corrected chi connectivity index (χ4v) is 3.70. The maximum Gasteiger partial charge on any atom is 0.246 e. The highest BCUT2D eigenvalue weighted by molar-refractivity contribution is 6.31. The van der Waals surface area contributed by atoms with Crippen molar-refractivity contribution < 1.29 is 14.3 Å². The van der Waals surface area contributed by atoms with E-state index in [1.165, 1.54) is 0 Å². The summed E-state index contributed by atoms with van der Waals surface area (Å²) in [5.74, 6) is 2.05. The largest absolute Gasteiger partial charge is 0.486 e. The molecule has 0 aliphatic carbocycles. The van der Waals surface area contributed by atoms with Gasteiger partial charge in [0.2, 0.25) is 5.91 Å². The summed E-state index contributed by atoms with van der Waals surface area (Å²) in [5, 5.41) is 8.77. The molecule has 1 aromatic heterocycles. The molecule has 6 nitrogen and oxygen atoms in total. The van der Waals surface area contributed by atoms with Gasteiger partial charge in [0.25, 0.3) is 0 Å². The molecule has 1 aliphatic rings. The van der Waals surface area contributed by atoms with Gasteiger partial charge in [-0.15, -0.1) is 0 Å². The lowest BCUT2D eigenvalue weighted by Crippen LogP contribution is -2.26. The second-order valence-corrected chi connectivity index (χ2v) is 8.25. The Kier molecular flexibility index (Phi) is 9.95. The second kappa shape index (κ2) is 13.4. The van der Waals surface area contributed by atoms with Crippen LogP contribution in [0.15, 0.2) is 84.7 Å². The van der Waals surface area contributed by atoms with Crippen molar-refractivity contribution in [1.82, 2.24) is 10.3 Å². The van der Waals surface area contributed by atoms with Crippen LogP contribution in [0.4, 0.5) is 5.82 Å². The third-order valence-corrected chi connectivity index (χ3v) is 5.62. The minimum Gasteiger partial charge on any atom is -0.486 e. The Morgan fingerprint density at radius 2 is 1.86 bits per heavy atom. The number of nitrogens with zero attached hydrogens (tertiary/aromatic N) is 1. The molecular formula is C29H32ClN3O3. The van der Waals surface area contributed by atoms with Crippen LogP contribution in [0.25, 0.3) is 10.8 Å². The third kappa shape index (κ3) is 7.12. The summed E-state index contributed by atoms with van der Waals surface area (Å²) < 4.78 is 11.2. The molecule has 7 heteroatoms. The lowest BCUT2D eigenvalue weighted by atomic mass is 10.1. The van der Waals surface area contributed by atoms with Crippen LogP contribution in [0.1, 0.15) is 26.3 Å². The lowest BCUT2D eigenvalue weighted by molar-refractivity contribution is -0.117. The molecule has 2 N–H and O–H groups in total. The van der Waals surface area contributed by atoms with Crippen LogP contribution in [0.3, 0.4) is 0 Å². The van der Waals surface area contributed by atoms with Crippen LogP contribution in [-0.2, 0) is 11.2 Å². The molecule has 4 rings (SSSR count). The number of rotatable bonds is 8. The van der Waals surface area contributed by atoms with Gasteiger partial charge in [0.05, 0.1) is 0 Å². The first kappa shape index (κ1) is 26.8. The van der Waals surface area contributed by atoms with Gasteiger partial charge in [-0.3, -0.25) is 4.79 Å². The van der Waals surface area contributed by atoms with E-state index in [0.29, 0.717) is 48.3 Å². The minimum absolute atomic E-state index is 0.132. The van der Waals surface area contributed by atoms with Gasteiger partial charge in [-0.2, -0.15) is 0 Å². The van der Waals surface area contributed by atoms with Crippen LogP contribution >= 0.6 is 11.6 Å². The second-order valence-electron chi connectivity index (χ2n) is 7.81. The molecule has 0 atom stereocenters. The van der Waals surface area contributed by atoms with E-state index in [9.17, 15) is 4.79 Å². The zero-order chi connectivity index (χ0) is 25.9. The Hall–Kier alpha value is -3.77. The average molecular weight is 506 g/mol. The number of aromatic nitrogens is 1. The molecule has 0 fully saturated rings. The number of anilines is 1. The molecule has 0 radical (unpaired) electrons. The van der Waals surface area contributed by atoms with Crippen molar-refractivity contribution in [2.24, 2.45) is 0 Å². The van der Waals surface area contributed by atoms with Crippen molar-refractivity contribution >= 4 is 34.1 Å². The summed E-state index contributed by atoms with van der Waals surface area (Å²) >= 11 is 6.15. The maximum absolute atomic E-state index is 12.5. The van der Waals surface area contributed by atoms with Crippen molar-refractivity contribution in [2.45, 2.75) is 27.2 Å². The van der Waals surface area contributed by atoms with Gasteiger partial charge in [-0.1, -0.05) is 50.2 Å². The number of halogens is 1. The van der Waals surface area contributed by atoms with Crippen LogP contribution in [0, 0.1) is 0 Å². The van der Waals surface area contributed by atoms with E-state index >= 15 is 0 Å². The summed E-state index contributed by atoms with van der Waals surface area (Å²) in [6.45, 7) is 11.3. The van der Waals surface area contributed by atoms with Gasteiger partial charge in [0.15, 0.2) is 11.5 Å². The number of hydrogen-bond acceptors (Lipinski definition) is 5. The van der Waals surface area contributed by atoms with Crippen LogP contribution in [0.5, 0.6) is 11.5 Å². The molecule has 0 bridgehead atoms. The monoisotopic (exact) mass is 505 g/mol. The highest BCUT2D eigenvalue weighted by Gasteiger charge is 2.12. The predicted molar refractivity (Wildman–Crippen MR) is 148 cm³/mol. The summed E-state index contributed by atoms with van der Waals surface area (Å²) in [6.07, 6.45) is 7.65. The molecule has 3 aromatic rings. The number of allylic oxidation sites excluding steroid dienone is 3. The number of ether oxygens (including phenoxy) is 2. The van der Waals surface area contributed by atoms with E-state index in [1.54, 1.807) is 31.3 Å². The number of amides is 1. The van der Waals surface area contributed by atoms with Gasteiger partial charge in [-0.25, -0.2) is 4.98 Å². The van der Waals surface area contributed by atoms with Gasteiger partial charge >= 0.3 is 0 Å². The van der Waals surface area contributed by atoms with Gasteiger partial charge in [0, 0.05) is 34.4 Å². The van der Waals surface area contributed by atoms with Crippen molar-refractivity contribution in [3.05, 3.63) is 95.3 Å². The van der Waals surface area contributed by atoms with E-state index in [2.05, 4.69) is 22.2 Å². The normalized spacial score (nSPS) is 12.9. The topological polar surface area (TPSA) is 72.5 Å². The molecule has 0 saturated heterocycles. The number of benzene rings is 2. The van der Waals surface area contributed by atoms with Gasteiger partial charge in [0.1, 0.15) is 19.0 Å². The molecule has 188 valence electrons. The Labute approximate surface area is 217 Å². The first-order valence-electron chi connectivity index (χ1n) is 12.0. The van der Waals surface area contributed by atoms with E-state index in [-0.39, 0.29) is 5.91 Å². The fraction of sp³-hybridized carbons (Fsp3) is 0.241. The first-order chi connectivity index (χ1) is 17.5. The molecule has 2 aromatic carbocycles. The van der Waals surface area contributed by atoms with Crippen LogP contribution in [0.2, 0.25) is 5.02 Å². The molecule has 1 amide bonds. The number of carbonyl (C=O) groups excluding carboxylic acids is 1. The van der Waals surface area contributed by atoms with E-state index in [0.717, 1.165) is 27.8 Å². The van der Waals surface area contributed by atoms with Crippen molar-refractivity contribution in [3.8, 4) is 11.5 Å². The highest BCUT2D eigenvalue weighted by Crippen LogP contribution is 2.30. The van der Waals surface area contributed by atoms with Gasteiger partial charge in [-0.05, 0) is 66.8 Å². The van der Waals surface area contributed by atoms with E-state index in [4.69, 9.17) is 21.1 Å². The molecule has 0 saturated carbocycles. The zero-order valence-electron chi connectivity index (χ0n) is 20.9. The molecule has 1 aliphatic heterocycles. The Bertz CT molecular complexity index is 1280. The van der Waals surface area contributed by atoms with Crippen LogP contribution in [-0.4, -0.2) is 30.6 Å². The molecular weight excluding hydrogens is 474 g/mol. The number of carbonyl (C=O) groups is 1. The summed E-state index contributed by atoms with van der Waals surface area (Å²) in [4.78, 5) is 16.9. The Balaban J connectivity index is 0.00000176. The van der Waals surface area contributed by atoms with Crippen molar-refractivity contribution in [3.63, 3.8) is 0 Å². The maximum atomic E-state index is 12.5. The fourth-order valence-electron chi connectivity index (χ4n) is 3.53. The summed E-state index contributed by atoms with van der Waals surface area (Å²) in [6, 6.07) is 13.4. The SMILES string of the molecule is C=C/C(=C\C=C(/C)C(=O)NCCc1ccc2c(c1)OCCO2)Nc1nccc2ccc(Cl)cc12.CC. The molecule has 2 heterocycles. The smallest absolute Gasteiger partial charge is 0.246 e. The number of nitrogens with one attached hydrogen (secondary N) is 2. The number of hydrogen-bond donors (Lipinski definition) is 2. The van der Waals surface area contributed by atoms with Gasteiger partial charge < -0.3 is 20.1 Å². The summed E-state index contributed by atoms with van der Waals surface area (Å²) in [5.41, 5.74) is 2.37. The molecule has 0 unspecified atom stereocenters. The minimum atomic E-state index is -0.132. The molecule has 0 spiro atoms. The van der Waals surface area contributed by atoms with E-state index < -0.39 is 0 Å². The lowest BCUT2D eigenvalue weighted by Gasteiger charge is -2.18. The van der Waals surface area contributed by atoms with E-state index in [1.807, 2.05) is 56.3 Å². The Morgan fingerprint density at radius 1 is 1.08 bits per heavy atom. The highest BCUT2D eigenvalue weighted by atomic mass is 35.5. The third-order valence-electron chi connectivity index (χ3n) is 5.39. The predicted octanol–water partition coefficient (Wildman–Crippen LogP) is 6.47. The average Bonchev–Trinajstić information content (AvgIpc) is 2.92. The van der Waals surface area contributed by atoms with Crippen molar-refractivity contribution in [1.29, 1.82) is 0 Å². The van der Waals surface area contributed by atoms with Crippen LogP contribution < -0.4 is 20.1 Å². The zero-order valence-corrected chi connectivity index (χ0v) is 21.7. The standard InChI is InChI=1S/C27H26ClN3O3.C2H6/c1-3-22(31-26-23-17-21(28)7-6-20(23)11-13-29-26)8-4-18(2)27(32)30-12-10-19-5-9-24-25(16-19)34-15-14-33-24;1-2/h3-9,11,13,16-17H,1,10,12,14-15H2,2H3,(H,29,31)(H,30,32);1-2H3/b18-4+,22-8+;. The first-order valence-corrected chi connectivity index (χ1v) is 12.4. The summed E-state index contributed by atoms with van der Waals surface area (Å²) in [7, 11) is 0. The number of fused-ring (bicyclic) bond motifs is 2. The Morgan fingerprint density at radius 3 is 2.64 bits per heavy atom. The van der Waals surface area contributed by atoms with Crippen molar-refractivity contribution in [2.75, 3.05) is 25.1 Å². The number of pyridine rings is 1.